The van der Waals surface area contributed by atoms with Crippen LogP contribution in [0.3, 0.4) is 0 Å². The first kappa shape index (κ1) is 19.0. The molecule has 0 aliphatic heterocycles. The van der Waals surface area contributed by atoms with E-state index in [9.17, 15) is 19.5 Å². The first-order valence-electron chi connectivity index (χ1n) is 8.81. The van der Waals surface area contributed by atoms with Gasteiger partial charge in [0, 0.05) is 12.0 Å². The molecule has 0 aromatic heterocycles. The molecule has 0 saturated carbocycles. The Morgan fingerprint density at radius 1 is 0.963 bits per heavy atom. The quantitative estimate of drug-likeness (QED) is 0.662. The molecule has 5 heteroatoms. The number of benzene rings is 2. The third-order valence-corrected chi connectivity index (χ3v) is 4.42. The van der Waals surface area contributed by atoms with Crippen LogP contribution in [0.1, 0.15) is 49.5 Å². The standard InChI is InChI=1S/C22H22O5/c1-21(2,3)27-19(24)12-14(23)13-22(26)18-11-7-6-9-16(18)15-8-4-5-10-17(15)20(22)25/h4-11,26H,12-13H2,1-3H3. The largest absolute Gasteiger partial charge is 0.460 e. The normalized spacial score (nSPS) is 18.4. The summed E-state index contributed by atoms with van der Waals surface area (Å²) in [6, 6.07) is 14.0. The molecule has 2 aromatic carbocycles. The van der Waals surface area contributed by atoms with Crippen molar-refractivity contribution in [2.24, 2.45) is 0 Å². The lowest BCUT2D eigenvalue weighted by molar-refractivity contribution is -0.156. The predicted molar refractivity (Wildman–Crippen MR) is 100 cm³/mol. The average molecular weight is 366 g/mol. The first-order chi connectivity index (χ1) is 12.6. The van der Waals surface area contributed by atoms with E-state index in [1.165, 1.54) is 0 Å². The van der Waals surface area contributed by atoms with Crippen LogP contribution in [-0.2, 0) is 19.9 Å². The zero-order valence-corrected chi connectivity index (χ0v) is 15.6. The molecule has 0 saturated heterocycles. The molecule has 1 unspecified atom stereocenters. The molecule has 0 heterocycles. The van der Waals surface area contributed by atoms with Gasteiger partial charge in [-0.3, -0.25) is 14.4 Å². The van der Waals surface area contributed by atoms with Crippen LogP contribution in [0.5, 0.6) is 0 Å². The molecular weight excluding hydrogens is 344 g/mol. The Morgan fingerprint density at radius 3 is 2.15 bits per heavy atom. The number of ether oxygens (including phenoxy) is 1. The Hall–Kier alpha value is -2.79. The van der Waals surface area contributed by atoms with Gasteiger partial charge in [-0.05, 0) is 37.5 Å². The second-order valence-electron chi connectivity index (χ2n) is 7.76. The van der Waals surface area contributed by atoms with Crippen molar-refractivity contribution >= 4 is 17.5 Å². The molecule has 5 nitrogen and oxygen atoms in total. The topological polar surface area (TPSA) is 80.7 Å². The van der Waals surface area contributed by atoms with Crippen molar-refractivity contribution < 1.29 is 24.2 Å². The van der Waals surface area contributed by atoms with Gasteiger partial charge in [-0.15, -0.1) is 0 Å². The third kappa shape index (κ3) is 3.69. The van der Waals surface area contributed by atoms with Crippen molar-refractivity contribution in [3.8, 4) is 11.1 Å². The van der Waals surface area contributed by atoms with E-state index in [0.717, 1.165) is 5.56 Å². The van der Waals surface area contributed by atoms with Crippen molar-refractivity contribution in [1.29, 1.82) is 0 Å². The molecule has 0 spiro atoms. The molecule has 1 atom stereocenters. The van der Waals surface area contributed by atoms with E-state index in [0.29, 0.717) is 16.7 Å². The summed E-state index contributed by atoms with van der Waals surface area (Å²) < 4.78 is 5.16. The number of hydrogen-bond donors (Lipinski definition) is 1. The Bertz CT molecular complexity index is 922. The maximum Gasteiger partial charge on any atom is 0.313 e. The second-order valence-corrected chi connectivity index (χ2v) is 7.76. The summed E-state index contributed by atoms with van der Waals surface area (Å²) >= 11 is 0. The SMILES string of the molecule is CC(C)(C)OC(=O)CC(=O)CC1(O)C(=O)c2ccccc2-c2ccccc21. The minimum atomic E-state index is -2.00. The Morgan fingerprint density at radius 2 is 1.52 bits per heavy atom. The van der Waals surface area contributed by atoms with Crippen LogP contribution >= 0.6 is 0 Å². The van der Waals surface area contributed by atoms with Crippen LogP contribution in [-0.4, -0.2) is 28.2 Å². The predicted octanol–water partition coefficient (Wildman–Crippen LogP) is 3.43. The number of hydrogen-bond acceptors (Lipinski definition) is 5. The molecule has 0 radical (unpaired) electrons. The Kier molecular flexibility index (Phi) is 4.74. The smallest absolute Gasteiger partial charge is 0.313 e. The van der Waals surface area contributed by atoms with Crippen molar-refractivity contribution in [2.75, 3.05) is 0 Å². The number of ketones is 2. The van der Waals surface area contributed by atoms with Gasteiger partial charge in [0.05, 0.1) is 0 Å². The fourth-order valence-electron chi connectivity index (χ4n) is 3.40. The lowest BCUT2D eigenvalue weighted by atomic mass is 9.72. The van der Waals surface area contributed by atoms with Crippen LogP contribution in [0.4, 0.5) is 0 Å². The average Bonchev–Trinajstić information content (AvgIpc) is 2.58. The van der Waals surface area contributed by atoms with Gasteiger partial charge in [-0.1, -0.05) is 48.5 Å². The van der Waals surface area contributed by atoms with Gasteiger partial charge < -0.3 is 9.84 Å². The monoisotopic (exact) mass is 366 g/mol. The molecule has 3 rings (SSSR count). The number of esters is 1. The molecule has 140 valence electrons. The summed E-state index contributed by atoms with van der Waals surface area (Å²) in [7, 11) is 0. The van der Waals surface area contributed by atoms with Crippen LogP contribution < -0.4 is 0 Å². The molecule has 2 aromatic rings. The highest BCUT2D eigenvalue weighted by Crippen LogP contribution is 2.43. The van der Waals surface area contributed by atoms with Crippen molar-refractivity contribution in [2.45, 2.75) is 44.8 Å². The fourth-order valence-corrected chi connectivity index (χ4v) is 3.40. The number of carbonyl (C=O) groups is 3. The first-order valence-corrected chi connectivity index (χ1v) is 8.81. The minimum absolute atomic E-state index is 0.365. The number of fused-ring (bicyclic) bond motifs is 3. The molecule has 1 aliphatic carbocycles. The molecular formula is C22H22O5. The maximum absolute atomic E-state index is 13.0. The zero-order chi connectivity index (χ0) is 19.8. The maximum atomic E-state index is 13.0. The number of rotatable bonds is 4. The van der Waals surface area contributed by atoms with E-state index in [2.05, 4.69) is 0 Å². The van der Waals surface area contributed by atoms with Crippen LogP contribution in [0.15, 0.2) is 48.5 Å². The molecule has 27 heavy (non-hydrogen) atoms. The summed E-state index contributed by atoms with van der Waals surface area (Å²) in [5, 5.41) is 11.2. The van der Waals surface area contributed by atoms with Crippen molar-refractivity contribution in [1.82, 2.24) is 0 Å². The fraction of sp³-hybridized carbons (Fsp3) is 0.318. The zero-order valence-electron chi connectivity index (χ0n) is 15.6. The summed E-state index contributed by atoms with van der Waals surface area (Å²) in [6.07, 6.45) is -0.965. The molecule has 0 fully saturated rings. The van der Waals surface area contributed by atoms with Gasteiger partial charge >= 0.3 is 5.97 Å². The summed E-state index contributed by atoms with van der Waals surface area (Å²) in [6.45, 7) is 5.13. The van der Waals surface area contributed by atoms with E-state index in [4.69, 9.17) is 4.74 Å². The lowest BCUT2D eigenvalue weighted by Crippen LogP contribution is -2.41. The summed E-state index contributed by atoms with van der Waals surface area (Å²) in [4.78, 5) is 37.4. The third-order valence-electron chi connectivity index (χ3n) is 4.42. The van der Waals surface area contributed by atoms with E-state index in [1.807, 2.05) is 24.3 Å². The van der Waals surface area contributed by atoms with E-state index < -0.39 is 41.6 Å². The van der Waals surface area contributed by atoms with Crippen LogP contribution in [0.25, 0.3) is 11.1 Å². The number of aliphatic hydroxyl groups is 1. The number of carbonyl (C=O) groups excluding carboxylic acids is 3. The van der Waals surface area contributed by atoms with Gasteiger partial charge in [0.15, 0.2) is 11.4 Å². The minimum Gasteiger partial charge on any atom is -0.460 e. The summed E-state index contributed by atoms with van der Waals surface area (Å²) in [5.74, 6) is -1.75. The Labute approximate surface area is 158 Å². The van der Waals surface area contributed by atoms with Crippen LogP contribution in [0, 0.1) is 0 Å². The molecule has 0 bridgehead atoms. The van der Waals surface area contributed by atoms with Gasteiger partial charge in [0.25, 0.3) is 0 Å². The highest BCUT2D eigenvalue weighted by molar-refractivity contribution is 6.13. The molecule has 0 amide bonds. The van der Waals surface area contributed by atoms with Crippen molar-refractivity contribution in [3.05, 3.63) is 59.7 Å². The van der Waals surface area contributed by atoms with Gasteiger partial charge in [-0.25, -0.2) is 0 Å². The lowest BCUT2D eigenvalue weighted by Gasteiger charge is -2.33. The van der Waals surface area contributed by atoms with E-state index in [1.54, 1.807) is 45.0 Å². The summed E-state index contributed by atoms with van der Waals surface area (Å²) in [5.41, 5.74) is -0.525. The number of Topliss-reactive ketones (excluding diaryl/α,β-unsaturated/α-hetero) is 2. The van der Waals surface area contributed by atoms with Gasteiger partial charge in [0.1, 0.15) is 17.8 Å². The Balaban J connectivity index is 1.92. The van der Waals surface area contributed by atoms with Crippen LogP contribution in [0.2, 0.25) is 0 Å². The van der Waals surface area contributed by atoms with E-state index in [-0.39, 0.29) is 0 Å². The highest BCUT2D eigenvalue weighted by atomic mass is 16.6. The van der Waals surface area contributed by atoms with Gasteiger partial charge in [-0.2, -0.15) is 0 Å². The van der Waals surface area contributed by atoms with Crippen molar-refractivity contribution in [3.63, 3.8) is 0 Å². The highest BCUT2D eigenvalue weighted by Gasteiger charge is 2.46. The second kappa shape index (κ2) is 6.74. The molecule has 1 N–H and O–H groups in total. The molecule has 1 aliphatic rings. The van der Waals surface area contributed by atoms with Gasteiger partial charge in [0.2, 0.25) is 0 Å². The van der Waals surface area contributed by atoms with E-state index >= 15 is 0 Å².